The molecule has 0 unspecified atom stereocenters. The number of hydrogen-bond acceptors (Lipinski definition) is 7. The molecular formula is C25H26Cl2N4O4S. The van der Waals surface area contributed by atoms with Crippen LogP contribution >= 0.6 is 35.3 Å². The van der Waals surface area contributed by atoms with Gasteiger partial charge < -0.3 is 19.4 Å². The van der Waals surface area contributed by atoms with E-state index in [1.54, 1.807) is 19.4 Å². The summed E-state index contributed by atoms with van der Waals surface area (Å²) in [5.41, 5.74) is 1.53. The molecule has 1 fully saturated rings. The molecule has 0 spiro atoms. The average molecular weight is 549 g/mol. The number of hydrogen-bond donors (Lipinski definition) is 1. The summed E-state index contributed by atoms with van der Waals surface area (Å²) in [6, 6.07) is 7.67. The van der Waals surface area contributed by atoms with Gasteiger partial charge in [-0.15, -0.1) is 23.7 Å². The minimum atomic E-state index is -0.406. The van der Waals surface area contributed by atoms with Crippen LogP contribution in [0.3, 0.4) is 0 Å². The molecule has 1 aromatic carbocycles. The van der Waals surface area contributed by atoms with E-state index in [2.05, 4.69) is 14.9 Å². The molecule has 5 heterocycles. The van der Waals surface area contributed by atoms with E-state index in [0.717, 1.165) is 50.6 Å². The fraction of sp³-hybridized carbons (Fsp3) is 0.400. The van der Waals surface area contributed by atoms with Crippen LogP contribution in [0.25, 0.3) is 20.4 Å². The van der Waals surface area contributed by atoms with E-state index in [1.165, 1.54) is 21.5 Å². The highest BCUT2D eigenvalue weighted by atomic mass is 35.5. The van der Waals surface area contributed by atoms with Gasteiger partial charge in [0.05, 0.1) is 29.0 Å². The van der Waals surface area contributed by atoms with Crippen molar-refractivity contribution in [1.29, 1.82) is 0 Å². The number of nitrogens with zero attached hydrogens (tertiary/aromatic N) is 3. The van der Waals surface area contributed by atoms with Crippen LogP contribution in [0.4, 0.5) is 0 Å². The number of aromatic nitrogens is 3. The number of fused-ring (bicyclic) bond motifs is 6. The fourth-order valence-electron chi connectivity index (χ4n) is 5.45. The SMILES string of the molecule is COc1cccc2c1[C@@H]1CN(CCCCn3c(=O)[nH]c4c(sc5c(Cl)ccnc54)c3=O)C[C@H]1CO2.Cl. The molecule has 11 heteroatoms. The first kappa shape index (κ1) is 25.1. The highest BCUT2D eigenvalue weighted by molar-refractivity contribution is 7.26. The van der Waals surface area contributed by atoms with Gasteiger partial charge in [-0.25, -0.2) is 4.79 Å². The second-order valence-electron chi connectivity index (χ2n) is 9.18. The monoisotopic (exact) mass is 548 g/mol. The smallest absolute Gasteiger partial charge is 0.328 e. The highest BCUT2D eigenvalue weighted by Crippen LogP contribution is 2.46. The number of unbranched alkanes of at least 4 members (excludes halogenated alkanes) is 1. The third kappa shape index (κ3) is 4.18. The number of halogens is 2. The van der Waals surface area contributed by atoms with Crippen LogP contribution in [0.1, 0.15) is 24.3 Å². The second kappa shape index (κ2) is 10.0. The molecule has 2 aliphatic rings. The van der Waals surface area contributed by atoms with Crippen molar-refractivity contribution in [2.24, 2.45) is 5.92 Å². The maximum absolute atomic E-state index is 13.1. The third-order valence-corrected chi connectivity index (χ3v) is 8.76. The number of aromatic amines is 1. The van der Waals surface area contributed by atoms with E-state index in [1.807, 2.05) is 18.2 Å². The van der Waals surface area contributed by atoms with Crippen molar-refractivity contribution >= 4 is 55.8 Å². The number of pyridine rings is 1. The number of rotatable bonds is 6. The van der Waals surface area contributed by atoms with Crippen molar-refractivity contribution in [3.63, 3.8) is 0 Å². The number of H-pyrrole nitrogens is 1. The quantitative estimate of drug-likeness (QED) is 0.362. The molecule has 2 atom stereocenters. The van der Waals surface area contributed by atoms with Gasteiger partial charge in [0.1, 0.15) is 21.7 Å². The standard InChI is InChI=1S/C25H25ClN4O4S.ClH/c1-33-17-5-4-6-18-19(17)15-12-29(11-14(15)13-34-18)9-2-3-10-30-24(31)23-21(28-25(30)32)20-22(35-23)16(26)7-8-27-20;/h4-8,14-15H,2-3,9-13H2,1H3,(H,28,32);1H/t14-,15+;/m0./s1. The number of methoxy groups -OCH3 is 1. The molecule has 0 bridgehead atoms. The molecule has 36 heavy (non-hydrogen) atoms. The Morgan fingerprint density at radius 3 is 2.86 bits per heavy atom. The molecule has 6 rings (SSSR count). The van der Waals surface area contributed by atoms with Crippen LogP contribution in [-0.2, 0) is 6.54 Å². The Balaban J connectivity index is 0.00000267. The molecule has 3 aromatic heterocycles. The molecular weight excluding hydrogens is 523 g/mol. The van der Waals surface area contributed by atoms with Crippen LogP contribution in [-0.4, -0.2) is 52.8 Å². The summed E-state index contributed by atoms with van der Waals surface area (Å²) in [6.07, 6.45) is 3.21. The maximum atomic E-state index is 13.1. The molecule has 2 aliphatic heterocycles. The van der Waals surface area contributed by atoms with Crippen LogP contribution in [0.2, 0.25) is 5.02 Å². The largest absolute Gasteiger partial charge is 0.496 e. The Morgan fingerprint density at radius 1 is 1.19 bits per heavy atom. The molecule has 8 nitrogen and oxygen atoms in total. The van der Waals surface area contributed by atoms with Crippen LogP contribution < -0.4 is 20.7 Å². The van der Waals surface area contributed by atoms with E-state index in [0.29, 0.717) is 43.8 Å². The first-order valence-corrected chi connectivity index (χ1v) is 13.0. The Bertz CT molecular complexity index is 1530. The maximum Gasteiger partial charge on any atom is 0.328 e. The molecule has 0 aliphatic carbocycles. The summed E-state index contributed by atoms with van der Waals surface area (Å²) in [6.45, 7) is 3.95. The van der Waals surface area contributed by atoms with Gasteiger partial charge in [0.2, 0.25) is 0 Å². The average Bonchev–Trinajstić information content (AvgIpc) is 3.45. The molecule has 1 N–H and O–H groups in total. The summed E-state index contributed by atoms with van der Waals surface area (Å²) < 4.78 is 14.1. The lowest BCUT2D eigenvalue weighted by Gasteiger charge is -2.29. The molecule has 4 aromatic rings. The molecule has 190 valence electrons. The molecule has 1 saturated heterocycles. The van der Waals surface area contributed by atoms with E-state index in [-0.39, 0.29) is 18.0 Å². The lowest BCUT2D eigenvalue weighted by molar-refractivity contribution is 0.209. The number of benzene rings is 1. The summed E-state index contributed by atoms with van der Waals surface area (Å²) in [5.74, 6) is 2.67. The Hall–Kier alpha value is -2.59. The second-order valence-corrected chi connectivity index (χ2v) is 10.6. The number of thiophene rings is 1. The Labute approximate surface area is 222 Å². The van der Waals surface area contributed by atoms with Gasteiger partial charge in [-0.2, -0.15) is 0 Å². The summed E-state index contributed by atoms with van der Waals surface area (Å²) in [4.78, 5) is 35.4. The zero-order valence-electron chi connectivity index (χ0n) is 19.7. The van der Waals surface area contributed by atoms with E-state index < -0.39 is 5.69 Å². The van der Waals surface area contributed by atoms with Crippen molar-refractivity contribution < 1.29 is 9.47 Å². The zero-order chi connectivity index (χ0) is 24.1. The first-order valence-electron chi connectivity index (χ1n) is 11.8. The van der Waals surface area contributed by atoms with Gasteiger partial charge in [0, 0.05) is 43.2 Å². The van der Waals surface area contributed by atoms with Gasteiger partial charge in [0.15, 0.2) is 0 Å². The number of ether oxygens (including phenoxy) is 2. The summed E-state index contributed by atoms with van der Waals surface area (Å²) in [7, 11) is 1.71. The van der Waals surface area contributed by atoms with Crippen molar-refractivity contribution in [2.45, 2.75) is 25.3 Å². The van der Waals surface area contributed by atoms with Gasteiger partial charge in [-0.05, 0) is 37.6 Å². The van der Waals surface area contributed by atoms with Crippen molar-refractivity contribution in [1.82, 2.24) is 19.4 Å². The Morgan fingerprint density at radius 2 is 2.03 bits per heavy atom. The highest BCUT2D eigenvalue weighted by Gasteiger charge is 2.40. The molecule has 0 radical (unpaired) electrons. The summed E-state index contributed by atoms with van der Waals surface area (Å²) in [5, 5.41) is 0.528. The van der Waals surface area contributed by atoms with Gasteiger partial charge >= 0.3 is 5.69 Å². The van der Waals surface area contributed by atoms with E-state index in [4.69, 9.17) is 21.1 Å². The number of likely N-dealkylation sites (tertiary alicyclic amines) is 1. The van der Waals surface area contributed by atoms with Crippen LogP contribution in [0.5, 0.6) is 11.5 Å². The van der Waals surface area contributed by atoms with Crippen molar-refractivity contribution in [2.75, 3.05) is 33.4 Å². The molecule has 0 saturated carbocycles. The minimum Gasteiger partial charge on any atom is -0.496 e. The third-order valence-electron chi connectivity index (χ3n) is 7.13. The Kier molecular flexibility index (Phi) is 7.00. The predicted molar refractivity (Wildman–Crippen MR) is 145 cm³/mol. The van der Waals surface area contributed by atoms with Crippen LogP contribution in [0.15, 0.2) is 40.1 Å². The van der Waals surface area contributed by atoms with E-state index >= 15 is 0 Å². The minimum absolute atomic E-state index is 0. The first-order chi connectivity index (χ1) is 17.0. The molecule has 0 amide bonds. The van der Waals surface area contributed by atoms with Gasteiger partial charge in [-0.1, -0.05) is 17.7 Å². The zero-order valence-corrected chi connectivity index (χ0v) is 22.0. The van der Waals surface area contributed by atoms with Gasteiger partial charge in [-0.3, -0.25) is 14.3 Å². The number of nitrogens with one attached hydrogen (secondary N) is 1. The fourth-order valence-corrected chi connectivity index (χ4v) is 6.78. The topological polar surface area (TPSA) is 89.5 Å². The van der Waals surface area contributed by atoms with Crippen molar-refractivity contribution in [3.05, 3.63) is 61.9 Å². The lowest BCUT2D eigenvalue weighted by Crippen LogP contribution is -2.34. The summed E-state index contributed by atoms with van der Waals surface area (Å²) >= 11 is 7.54. The van der Waals surface area contributed by atoms with Gasteiger partial charge in [0.25, 0.3) is 5.56 Å². The van der Waals surface area contributed by atoms with Crippen molar-refractivity contribution in [3.8, 4) is 11.5 Å². The van der Waals surface area contributed by atoms with E-state index in [9.17, 15) is 9.59 Å². The lowest BCUT2D eigenvalue weighted by atomic mass is 9.86. The normalized spacial score (nSPS) is 19.1. The predicted octanol–water partition coefficient (Wildman–Crippen LogP) is 4.27. The van der Waals surface area contributed by atoms with Crippen LogP contribution in [0, 0.1) is 5.92 Å².